The molecule has 0 aliphatic rings. The van der Waals surface area contributed by atoms with Gasteiger partial charge in [-0.1, -0.05) is 6.07 Å². The molecule has 0 bridgehead atoms. The molecule has 1 unspecified atom stereocenters. The third-order valence-corrected chi connectivity index (χ3v) is 2.62. The Bertz CT molecular complexity index is 451. The van der Waals surface area contributed by atoms with E-state index in [9.17, 15) is 14.3 Å². The first-order valence-electron chi connectivity index (χ1n) is 6.32. The lowest BCUT2D eigenvalue weighted by Gasteiger charge is -2.14. The van der Waals surface area contributed by atoms with Gasteiger partial charge in [0.15, 0.2) is 18.2 Å². The van der Waals surface area contributed by atoms with Crippen molar-refractivity contribution in [3.8, 4) is 5.75 Å². The Morgan fingerprint density at radius 1 is 1.45 bits per heavy atom. The molecule has 0 saturated heterocycles. The lowest BCUT2D eigenvalue weighted by molar-refractivity contribution is -0.124. The third-order valence-electron chi connectivity index (χ3n) is 2.62. The molecule has 5 nitrogen and oxygen atoms in total. The molecule has 0 aromatic heterocycles. The van der Waals surface area contributed by atoms with E-state index in [4.69, 9.17) is 9.47 Å². The molecule has 1 rings (SSSR count). The van der Waals surface area contributed by atoms with Gasteiger partial charge in [0.1, 0.15) is 0 Å². The molecule has 0 saturated carbocycles. The topological polar surface area (TPSA) is 67.8 Å². The smallest absolute Gasteiger partial charge is 0.258 e. The molecular formula is C14H20FNO4. The van der Waals surface area contributed by atoms with Crippen LogP contribution in [-0.2, 0) is 9.53 Å². The number of benzene rings is 1. The van der Waals surface area contributed by atoms with E-state index in [1.807, 2.05) is 0 Å². The van der Waals surface area contributed by atoms with Crippen molar-refractivity contribution < 1.29 is 23.8 Å². The molecule has 112 valence electrons. The van der Waals surface area contributed by atoms with E-state index in [-0.39, 0.29) is 24.3 Å². The minimum atomic E-state index is -0.753. The van der Waals surface area contributed by atoms with Crippen molar-refractivity contribution >= 4 is 5.91 Å². The van der Waals surface area contributed by atoms with Crippen LogP contribution in [0.1, 0.15) is 25.5 Å². The van der Waals surface area contributed by atoms with Crippen molar-refractivity contribution in [2.24, 2.45) is 0 Å². The summed E-state index contributed by atoms with van der Waals surface area (Å²) in [6, 6.07) is 3.99. The maximum Gasteiger partial charge on any atom is 0.258 e. The van der Waals surface area contributed by atoms with Crippen molar-refractivity contribution in [2.45, 2.75) is 26.0 Å². The van der Waals surface area contributed by atoms with Gasteiger partial charge in [-0.05, 0) is 31.5 Å². The molecule has 1 aromatic carbocycles. The van der Waals surface area contributed by atoms with Crippen LogP contribution in [0.5, 0.6) is 5.75 Å². The maximum absolute atomic E-state index is 13.7. The average Bonchev–Trinajstić information content (AvgIpc) is 2.37. The number of aliphatic hydroxyl groups is 1. The van der Waals surface area contributed by atoms with Crippen LogP contribution in [-0.4, -0.2) is 37.4 Å². The van der Waals surface area contributed by atoms with Crippen LogP contribution in [0.25, 0.3) is 0 Å². The molecule has 2 atom stereocenters. The number of aliphatic hydroxyl groups excluding tert-OH is 1. The van der Waals surface area contributed by atoms with Gasteiger partial charge in [-0.25, -0.2) is 4.39 Å². The Morgan fingerprint density at radius 2 is 2.15 bits per heavy atom. The van der Waals surface area contributed by atoms with E-state index in [2.05, 4.69) is 5.32 Å². The van der Waals surface area contributed by atoms with Gasteiger partial charge >= 0.3 is 0 Å². The second-order valence-corrected chi connectivity index (χ2v) is 4.58. The second kappa shape index (κ2) is 7.81. The number of carbonyl (C=O) groups is 1. The molecule has 2 N–H and O–H groups in total. The number of ether oxygens (including phenoxy) is 2. The SMILES string of the molecule is COCC(C)NC(=O)COc1ccc([C@H](C)O)cc1F. The Balaban J connectivity index is 2.51. The van der Waals surface area contributed by atoms with Gasteiger partial charge in [0.2, 0.25) is 0 Å². The van der Waals surface area contributed by atoms with Crippen LogP contribution in [0.15, 0.2) is 18.2 Å². The Hall–Kier alpha value is -1.66. The summed E-state index contributed by atoms with van der Waals surface area (Å²) in [5.41, 5.74) is 0.452. The third kappa shape index (κ3) is 5.14. The summed E-state index contributed by atoms with van der Waals surface area (Å²) in [7, 11) is 1.54. The Morgan fingerprint density at radius 3 is 2.70 bits per heavy atom. The molecule has 20 heavy (non-hydrogen) atoms. The Kier molecular flexibility index (Phi) is 6.41. The number of carbonyl (C=O) groups excluding carboxylic acids is 1. The van der Waals surface area contributed by atoms with Gasteiger partial charge < -0.3 is 19.9 Å². The van der Waals surface area contributed by atoms with Gasteiger partial charge in [-0.2, -0.15) is 0 Å². The summed E-state index contributed by atoms with van der Waals surface area (Å²) in [5.74, 6) is -0.987. The zero-order valence-corrected chi connectivity index (χ0v) is 11.9. The lowest BCUT2D eigenvalue weighted by atomic mass is 10.1. The van der Waals surface area contributed by atoms with Crippen LogP contribution in [0.4, 0.5) is 4.39 Å². The highest BCUT2D eigenvalue weighted by Gasteiger charge is 2.11. The number of amides is 1. The van der Waals surface area contributed by atoms with Crippen LogP contribution in [0, 0.1) is 5.82 Å². The highest BCUT2D eigenvalue weighted by Crippen LogP contribution is 2.21. The molecule has 0 heterocycles. The number of hydrogen-bond acceptors (Lipinski definition) is 4. The standard InChI is InChI=1S/C14H20FNO4/c1-9(7-19-3)16-14(18)8-20-13-5-4-11(10(2)17)6-12(13)15/h4-6,9-10,17H,7-8H2,1-3H3,(H,16,18)/t9?,10-/m0/s1. The first kappa shape index (κ1) is 16.4. The first-order valence-corrected chi connectivity index (χ1v) is 6.32. The normalized spacial score (nSPS) is 13.7. The van der Waals surface area contributed by atoms with Gasteiger partial charge in [-0.15, -0.1) is 0 Å². The fourth-order valence-corrected chi connectivity index (χ4v) is 1.65. The van der Waals surface area contributed by atoms with Gasteiger partial charge in [0.05, 0.1) is 12.7 Å². The van der Waals surface area contributed by atoms with E-state index in [0.717, 1.165) is 0 Å². The van der Waals surface area contributed by atoms with Gasteiger partial charge in [0, 0.05) is 13.2 Å². The first-order chi connectivity index (χ1) is 9.43. The zero-order valence-electron chi connectivity index (χ0n) is 11.9. The zero-order chi connectivity index (χ0) is 15.1. The summed E-state index contributed by atoms with van der Waals surface area (Å²) in [6.07, 6.45) is -0.753. The van der Waals surface area contributed by atoms with Gasteiger partial charge in [-0.3, -0.25) is 4.79 Å². The van der Waals surface area contributed by atoms with Crippen molar-refractivity contribution in [3.05, 3.63) is 29.6 Å². The minimum Gasteiger partial charge on any atom is -0.481 e. The molecule has 0 spiro atoms. The highest BCUT2D eigenvalue weighted by molar-refractivity contribution is 5.77. The Labute approximate surface area is 117 Å². The van der Waals surface area contributed by atoms with Crippen LogP contribution in [0.2, 0.25) is 0 Å². The molecule has 1 amide bonds. The van der Waals surface area contributed by atoms with Crippen molar-refractivity contribution in [1.82, 2.24) is 5.32 Å². The largest absolute Gasteiger partial charge is 0.481 e. The van der Waals surface area contributed by atoms with Crippen molar-refractivity contribution in [2.75, 3.05) is 20.3 Å². The number of methoxy groups -OCH3 is 1. The van der Waals surface area contributed by atoms with Crippen LogP contribution >= 0.6 is 0 Å². The molecule has 0 radical (unpaired) electrons. The summed E-state index contributed by atoms with van der Waals surface area (Å²) in [4.78, 5) is 11.5. The number of halogens is 1. The average molecular weight is 285 g/mol. The summed E-state index contributed by atoms with van der Waals surface area (Å²) < 4.78 is 23.6. The number of nitrogens with one attached hydrogen (secondary N) is 1. The molecular weight excluding hydrogens is 265 g/mol. The summed E-state index contributed by atoms with van der Waals surface area (Å²) in [5, 5.41) is 12.0. The van der Waals surface area contributed by atoms with Gasteiger partial charge in [0.25, 0.3) is 5.91 Å². The van der Waals surface area contributed by atoms with E-state index in [0.29, 0.717) is 12.2 Å². The second-order valence-electron chi connectivity index (χ2n) is 4.58. The number of rotatable bonds is 7. The van der Waals surface area contributed by atoms with Crippen LogP contribution < -0.4 is 10.1 Å². The summed E-state index contributed by atoms with van der Waals surface area (Å²) in [6.45, 7) is 3.45. The predicted molar refractivity (Wildman–Crippen MR) is 72.0 cm³/mol. The van der Waals surface area contributed by atoms with Crippen molar-refractivity contribution in [1.29, 1.82) is 0 Å². The fourth-order valence-electron chi connectivity index (χ4n) is 1.65. The molecule has 0 aliphatic carbocycles. The highest BCUT2D eigenvalue weighted by atomic mass is 19.1. The molecule has 0 aliphatic heterocycles. The summed E-state index contributed by atoms with van der Waals surface area (Å²) >= 11 is 0. The lowest BCUT2D eigenvalue weighted by Crippen LogP contribution is -2.38. The van der Waals surface area contributed by atoms with Crippen molar-refractivity contribution in [3.63, 3.8) is 0 Å². The predicted octanol–water partition coefficient (Wildman–Crippen LogP) is 1.41. The number of hydrogen-bond donors (Lipinski definition) is 2. The quantitative estimate of drug-likeness (QED) is 0.795. The van der Waals surface area contributed by atoms with E-state index < -0.39 is 11.9 Å². The fraction of sp³-hybridized carbons (Fsp3) is 0.500. The molecule has 0 fully saturated rings. The maximum atomic E-state index is 13.7. The molecule has 6 heteroatoms. The monoisotopic (exact) mass is 285 g/mol. The van der Waals surface area contributed by atoms with E-state index in [1.165, 1.54) is 19.2 Å². The molecule has 1 aromatic rings. The van der Waals surface area contributed by atoms with E-state index >= 15 is 0 Å². The minimum absolute atomic E-state index is 0.0241. The van der Waals surface area contributed by atoms with E-state index in [1.54, 1.807) is 19.9 Å². The van der Waals surface area contributed by atoms with Crippen LogP contribution in [0.3, 0.4) is 0 Å².